The van der Waals surface area contributed by atoms with Crippen molar-refractivity contribution in [2.24, 2.45) is 5.92 Å². The Morgan fingerprint density at radius 2 is 1.90 bits per heavy atom. The highest BCUT2D eigenvalue weighted by atomic mass is 35.5. The quantitative estimate of drug-likeness (QED) is 0.733. The van der Waals surface area contributed by atoms with Crippen LogP contribution in [-0.2, 0) is 17.2 Å². The molecule has 1 aliphatic carbocycles. The van der Waals surface area contributed by atoms with Gasteiger partial charge in [0.05, 0.1) is 16.5 Å². The van der Waals surface area contributed by atoms with Gasteiger partial charge in [0.1, 0.15) is 10.7 Å². The van der Waals surface area contributed by atoms with Crippen LogP contribution >= 0.6 is 11.6 Å². The van der Waals surface area contributed by atoms with E-state index in [1.54, 1.807) is 0 Å². The van der Waals surface area contributed by atoms with E-state index in [4.69, 9.17) is 21.6 Å². The molecule has 2 fully saturated rings. The molecule has 1 aromatic heterocycles. The minimum Gasteiger partial charge on any atom is -0.396 e. The van der Waals surface area contributed by atoms with Crippen LogP contribution in [0.4, 0.5) is 11.8 Å². The van der Waals surface area contributed by atoms with E-state index in [9.17, 15) is 9.32 Å². The summed E-state index contributed by atoms with van der Waals surface area (Å²) >= 11 is 6.03. The van der Waals surface area contributed by atoms with Crippen molar-refractivity contribution in [2.75, 3.05) is 35.7 Å². The standard InChI is InChI=1S/C22H27ClN4O2S/c23-17-4-1-14(2-5-17)15-7-10-27(11-8-15)22-25-19-9-12-30(29)20(19)21(26-22)24-18-6-3-16(18)13-28/h1-2,4-5,15-16,18,28H,3,6-13H2,(H,24,25,26)/t16?,18?,30-/m0/s1. The molecule has 30 heavy (non-hydrogen) atoms. The molecule has 3 atom stereocenters. The number of aliphatic hydroxyl groups excluding tert-OH is 1. The van der Waals surface area contributed by atoms with Gasteiger partial charge < -0.3 is 15.3 Å². The van der Waals surface area contributed by atoms with Gasteiger partial charge in [-0.05, 0) is 49.3 Å². The SMILES string of the molecule is O=[S@]1CCc2nc(N3CCC(c4ccc(Cl)cc4)CC3)nc(NC3CCC3CO)c21. The summed E-state index contributed by atoms with van der Waals surface area (Å²) in [7, 11) is -1.04. The number of hydrogen-bond acceptors (Lipinski definition) is 6. The van der Waals surface area contributed by atoms with Crippen LogP contribution in [0.25, 0.3) is 0 Å². The van der Waals surface area contributed by atoms with Gasteiger partial charge in [-0.25, -0.2) is 4.98 Å². The summed E-state index contributed by atoms with van der Waals surface area (Å²) in [4.78, 5) is 12.7. The van der Waals surface area contributed by atoms with Gasteiger partial charge in [-0.3, -0.25) is 4.21 Å². The summed E-state index contributed by atoms with van der Waals surface area (Å²) in [5.41, 5.74) is 2.26. The minimum atomic E-state index is -1.04. The molecule has 5 rings (SSSR count). The van der Waals surface area contributed by atoms with Gasteiger partial charge >= 0.3 is 0 Å². The monoisotopic (exact) mass is 446 g/mol. The maximum Gasteiger partial charge on any atom is 0.227 e. The van der Waals surface area contributed by atoms with Gasteiger partial charge in [-0.15, -0.1) is 0 Å². The average Bonchev–Trinajstić information content (AvgIpc) is 3.13. The maximum atomic E-state index is 12.6. The van der Waals surface area contributed by atoms with Gasteiger partial charge in [0, 0.05) is 48.9 Å². The average molecular weight is 447 g/mol. The molecule has 3 heterocycles. The van der Waals surface area contributed by atoms with Crippen molar-refractivity contribution in [1.29, 1.82) is 0 Å². The molecular weight excluding hydrogens is 420 g/mol. The Hall–Kier alpha value is -1.70. The van der Waals surface area contributed by atoms with E-state index < -0.39 is 10.8 Å². The maximum absolute atomic E-state index is 12.6. The molecule has 3 aliphatic rings. The Morgan fingerprint density at radius 3 is 2.57 bits per heavy atom. The van der Waals surface area contributed by atoms with E-state index in [2.05, 4.69) is 22.3 Å². The number of rotatable bonds is 5. The number of nitrogens with zero attached hydrogens (tertiary/aromatic N) is 3. The Labute approximate surface area is 184 Å². The third-order valence-electron chi connectivity index (χ3n) is 6.77. The molecule has 1 saturated heterocycles. The van der Waals surface area contributed by atoms with Crippen molar-refractivity contribution >= 4 is 34.2 Å². The van der Waals surface area contributed by atoms with E-state index in [1.165, 1.54) is 5.56 Å². The summed E-state index contributed by atoms with van der Waals surface area (Å²) in [6.45, 7) is 1.98. The fourth-order valence-corrected chi connectivity index (χ4v) is 6.16. The highest BCUT2D eigenvalue weighted by Crippen LogP contribution is 2.36. The normalized spacial score (nSPS) is 26.3. The number of aliphatic hydroxyl groups is 1. The predicted octanol–water partition coefficient (Wildman–Crippen LogP) is 3.36. The largest absolute Gasteiger partial charge is 0.396 e. The third kappa shape index (κ3) is 3.83. The van der Waals surface area contributed by atoms with Crippen LogP contribution in [-0.4, -0.2) is 50.8 Å². The van der Waals surface area contributed by atoms with Crippen molar-refractivity contribution in [3.63, 3.8) is 0 Å². The summed E-state index contributed by atoms with van der Waals surface area (Å²) in [5, 5.41) is 13.8. The van der Waals surface area contributed by atoms with Gasteiger partial charge in [0.25, 0.3) is 0 Å². The Bertz CT molecular complexity index is 945. The first-order chi connectivity index (χ1) is 14.6. The molecule has 2 aromatic rings. The molecule has 2 aliphatic heterocycles. The Balaban J connectivity index is 1.34. The van der Waals surface area contributed by atoms with E-state index in [1.807, 2.05) is 12.1 Å². The zero-order chi connectivity index (χ0) is 20.7. The van der Waals surface area contributed by atoms with Crippen LogP contribution in [0.5, 0.6) is 0 Å². The predicted molar refractivity (Wildman–Crippen MR) is 120 cm³/mol. The molecule has 0 bridgehead atoms. The summed E-state index contributed by atoms with van der Waals surface area (Å²) < 4.78 is 12.6. The molecule has 1 saturated carbocycles. The van der Waals surface area contributed by atoms with Crippen LogP contribution in [0.3, 0.4) is 0 Å². The first-order valence-electron chi connectivity index (χ1n) is 10.8. The van der Waals surface area contributed by atoms with Crippen molar-refractivity contribution in [1.82, 2.24) is 9.97 Å². The van der Waals surface area contributed by atoms with Gasteiger partial charge in [-0.2, -0.15) is 4.98 Å². The molecular formula is C22H27ClN4O2S. The summed E-state index contributed by atoms with van der Waals surface area (Å²) in [5.74, 6) is 2.86. The van der Waals surface area contributed by atoms with E-state index >= 15 is 0 Å². The highest BCUT2D eigenvalue weighted by molar-refractivity contribution is 7.85. The second-order valence-electron chi connectivity index (χ2n) is 8.53. The summed E-state index contributed by atoms with van der Waals surface area (Å²) in [6, 6.07) is 8.38. The van der Waals surface area contributed by atoms with Crippen molar-refractivity contribution in [3.8, 4) is 0 Å². The van der Waals surface area contributed by atoms with Gasteiger partial charge in [-0.1, -0.05) is 23.7 Å². The fourth-order valence-electron chi connectivity index (χ4n) is 4.72. The Kier molecular flexibility index (Phi) is 5.69. The van der Waals surface area contributed by atoms with E-state index in [0.29, 0.717) is 17.5 Å². The number of anilines is 2. The molecule has 8 heteroatoms. The lowest BCUT2D eigenvalue weighted by Gasteiger charge is -2.37. The van der Waals surface area contributed by atoms with Crippen molar-refractivity contribution in [3.05, 3.63) is 40.5 Å². The number of piperidine rings is 1. The van der Waals surface area contributed by atoms with Crippen LogP contribution in [0.1, 0.15) is 42.9 Å². The molecule has 6 nitrogen and oxygen atoms in total. The number of aromatic nitrogens is 2. The Morgan fingerprint density at radius 1 is 1.13 bits per heavy atom. The first-order valence-corrected chi connectivity index (χ1v) is 12.5. The van der Waals surface area contributed by atoms with E-state index in [0.717, 1.165) is 66.8 Å². The highest BCUT2D eigenvalue weighted by Gasteiger charge is 2.34. The number of aryl methyl sites for hydroxylation is 1. The van der Waals surface area contributed by atoms with Gasteiger partial charge in [0.15, 0.2) is 0 Å². The number of nitrogens with one attached hydrogen (secondary N) is 1. The molecule has 0 radical (unpaired) electrons. The summed E-state index contributed by atoms with van der Waals surface area (Å²) in [6.07, 6.45) is 4.87. The zero-order valence-corrected chi connectivity index (χ0v) is 18.5. The molecule has 2 unspecified atom stereocenters. The molecule has 1 aromatic carbocycles. The third-order valence-corrected chi connectivity index (χ3v) is 8.48. The lowest BCUT2D eigenvalue weighted by Crippen LogP contribution is -2.41. The lowest BCUT2D eigenvalue weighted by atomic mass is 9.80. The van der Waals surface area contributed by atoms with E-state index in [-0.39, 0.29) is 18.6 Å². The van der Waals surface area contributed by atoms with Gasteiger partial charge in [0.2, 0.25) is 5.95 Å². The second kappa shape index (κ2) is 8.44. The number of benzene rings is 1. The number of hydrogen-bond donors (Lipinski definition) is 2. The fraction of sp³-hybridized carbons (Fsp3) is 0.545. The molecule has 0 amide bonds. The minimum absolute atomic E-state index is 0.180. The molecule has 2 N–H and O–H groups in total. The molecule has 160 valence electrons. The van der Waals surface area contributed by atoms with Crippen LogP contribution in [0, 0.1) is 5.92 Å². The number of fused-ring (bicyclic) bond motifs is 1. The first kappa shape index (κ1) is 20.2. The van der Waals surface area contributed by atoms with Crippen LogP contribution in [0.15, 0.2) is 29.2 Å². The van der Waals surface area contributed by atoms with Crippen LogP contribution < -0.4 is 10.2 Å². The molecule has 0 spiro atoms. The zero-order valence-electron chi connectivity index (χ0n) is 16.9. The van der Waals surface area contributed by atoms with Crippen molar-refractivity contribution < 1.29 is 9.32 Å². The van der Waals surface area contributed by atoms with Crippen LogP contribution in [0.2, 0.25) is 5.02 Å². The van der Waals surface area contributed by atoms with Crippen molar-refractivity contribution in [2.45, 2.75) is 49.0 Å². The number of halogens is 1. The topological polar surface area (TPSA) is 78.4 Å². The smallest absolute Gasteiger partial charge is 0.227 e. The lowest BCUT2D eigenvalue weighted by molar-refractivity contribution is 0.147. The second-order valence-corrected chi connectivity index (χ2v) is 10.5.